The van der Waals surface area contributed by atoms with Crippen molar-refractivity contribution in [2.75, 3.05) is 26.0 Å². The molecule has 1 heterocycles. The van der Waals surface area contributed by atoms with Crippen LogP contribution in [0.25, 0.3) is 0 Å². The zero-order valence-corrected chi connectivity index (χ0v) is 20.0. The van der Waals surface area contributed by atoms with Gasteiger partial charge < -0.3 is 9.64 Å². The maximum Gasteiger partial charge on any atom is 0.222 e. The highest BCUT2D eigenvalue weighted by Gasteiger charge is 2.28. The van der Waals surface area contributed by atoms with Crippen LogP contribution < -0.4 is 4.74 Å². The van der Waals surface area contributed by atoms with Crippen molar-refractivity contribution >= 4 is 44.7 Å². The van der Waals surface area contributed by atoms with E-state index in [0.29, 0.717) is 66.7 Å². The minimum Gasteiger partial charge on any atom is -0.494 e. The zero-order chi connectivity index (χ0) is 23.3. The number of hydrogen-bond acceptors (Lipinski definition) is 5. The first-order valence-electron chi connectivity index (χ1n) is 10.3. The number of carbonyl (C=O) groups is 2. The van der Waals surface area contributed by atoms with Gasteiger partial charge in [-0.1, -0.05) is 23.2 Å². The number of sulfone groups is 1. The number of ether oxygens (including phenoxy) is 1. The molecule has 6 nitrogen and oxygen atoms in total. The van der Waals surface area contributed by atoms with Crippen molar-refractivity contribution in [1.82, 2.24) is 4.90 Å². The molecule has 172 valence electrons. The highest BCUT2D eigenvalue weighted by atomic mass is 35.5. The Morgan fingerprint density at radius 3 is 2.28 bits per heavy atom. The Morgan fingerprint density at radius 1 is 1.03 bits per heavy atom. The van der Waals surface area contributed by atoms with Gasteiger partial charge in [-0.15, -0.1) is 0 Å². The summed E-state index contributed by atoms with van der Waals surface area (Å²) >= 11 is 11.9. The molecule has 0 aliphatic carbocycles. The maximum absolute atomic E-state index is 12.7. The summed E-state index contributed by atoms with van der Waals surface area (Å²) in [5.41, 5.74) is 0.547. The van der Waals surface area contributed by atoms with Crippen LogP contribution in [0.15, 0.2) is 47.4 Å². The molecule has 1 fully saturated rings. The molecule has 0 saturated carbocycles. The van der Waals surface area contributed by atoms with E-state index in [0.717, 1.165) is 6.26 Å². The van der Waals surface area contributed by atoms with Crippen LogP contribution in [0.3, 0.4) is 0 Å². The third-order valence-electron chi connectivity index (χ3n) is 5.48. The highest BCUT2D eigenvalue weighted by Crippen LogP contribution is 2.27. The number of carbonyl (C=O) groups excluding carboxylic acids is 2. The monoisotopic (exact) mass is 497 g/mol. The van der Waals surface area contributed by atoms with E-state index < -0.39 is 9.84 Å². The van der Waals surface area contributed by atoms with E-state index in [1.165, 1.54) is 12.1 Å². The van der Waals surface area contributed by atoms with Gasteiger partial charge in [0.1, 0.15) is 5.75 Å². The third kappa shape index (κ3) is 6.47. The number of hydrogen-bond donors (Lipinski definition) is 0. The van der Waals surface area contributed by atoms with Crippen LogP contribution in [-0.4, -0.2) is 51.0 Å². The van der Waals surface area contributed by atoms with Gasteiger partial charge in [-0.25, -0.2) is 8.42 Å². The Labute approximate surface area is 198 Å². The van der Waals surface area contributed by atoms with Gasteiger partial charge in [0.25, 0.3) is 0 Å². The largest absolute Gasteiger partial charge is 0.494 e. The van der Waals surface area contributed by atoms with Crippen LogP contribution >= 0.6 is 23.2 Å². The Bertz CT molecular complexity index is 1080. The summed E-state index contributed by atoms with van der Waals surface area (Å²) in [6.07, 6.45) is 3.30. The van der Waals surface area contributed by atoms with Crippen LogP contribution in [-0.2, 0) is 14.6 Å². The maximum atomic E-state index is 12.7. The fraction of sp³-hybridized carbons (Fsp3) is 0.391. The molecular formula is C23H25Cl2NO5S. The first-order valence-corrected chi connectivity index (χ1v) is 13.0. The number of ketones is 1. The Balaban J connectivity index is 1.40. The van der Waals surface area contributed by atoms with Gasteiger partial charge in [-0.3, -0.25) is 9.59 Å². The molecule has 0 unspecified atom stereocenters. The van der Waals surface area contributed by atoms with Gasteiger partial charge in [0.2, 0.25) is 5.91 Å². The second-order valence-electron chi connectivity index (χ2n) is 7.84. The first-order chi connectivity index (χ1) is 15.1. The number of halogens is 2. The molecule has 1 aliphatic heterocycles. The van der Waals surface area contributed by atoms with Gasteiger partial charge in [0, 0.05) is 37.2 Å². The third-order valence-corrected chi connectivity index (χ3v) is 7.35. The number of benzene rings is 2. The lowest BCUT2D eigenvalue weighted by molar-refractivity contribution is -0.132. The second kappa shape index (κ2) is 10.7. The van der Waals surface area contributed by atoms with Crippen LogP contribution in [0.4, 0.5) is 0 Å². The topological polar surface area (TPSA) is 80.8 Å². The van der Waals surface area contributed by atoms with Crippen molar-refractivity contribution in [3.8, 4) is 5.75 Å². The molecule has 0 spiro atoms. The number of rotatable bonds is 8. The predicted molar refractivity (Wildman–Crippen MR) is 124 cm³/mol. The van der Waals surface area contributed by atoms with Gasteiger partial charge >= 0.3 is 0 Å². The molecule has 0 N–H and O–H groups in total. The summed E-state index contributed by atoms with van der Waals surface area (Å²) < 4.78 is 28.5. The molecule has 0 aromatic heterocycles. The lowest BCUT2D eigenvalue weighted by Gasteiger charge is -2.31. The molecular weight excluding hydrogens is 473 g/mol. The average Bonchev–Trinajstić information content (AvgIpc) is 2.78. The minimum absolute atomic E-state index is 0.0333. The summed E-state index contributed by atoms with van der Waals surface area (Å²) in [6.45, 7) is 1.45. The van der Waals surface area contributed by atoms with E-state index in [1.807, 2.05) is 0 Å². The Kier molecular flexibility index (Phi) is 8.20. The zero-order valence-electron chi connectivity index (χ0n) is 17.7. The molecule has 3 rings (SSSR count). The van der Waals surface area contributed by atoms with Gasteiger partial charge in [0.05, 0.1) is 21.5 Å². The molecule has 1 amide bonds. The summed E-state index contributed by atoms with van der Waals surface area (Å²) in [7, 11) is -3.24. The average molecular weight is 498 g/mol. The van der Waals surface area contributed by atoms with Crippen molar-refractivity contribution in [3.05, 3.63) is 58.1 Å². The van der Waals surface area contributed by atoms with E-state index in [1.54, 1.807) is 35.2 Å². The van der Waals surface area contributed by atoms with E-state index >= 15 is 0 Å². The van der Waals surface area contributed by atoms with Crippen molar-refractivity contribution < 1.29 is 22.7 Å². The van der Waals surface area contributed by atoms with Crippen molar-refractivity contribution in [3.63, 3.8) is 0 Å². The molecule has 2 aromatic rings. The second-order valence-corrected chi connectivity index (χ2v) is 10.7. The van der Waals surface area contributed by atoms with E-state index in [9.17, 15) is 18.0 Å². The normalized spacial score (nSPS) is 14.9. The fourth-order valence-corrected chi connectivity index (χ4v) is 4.56. The molecule has 9 heteroatoms. The van der Waals surface area contributed by atoms with Crippen LogP contribution in [0.1, 0.15) is 36.0 Å². The summed E-state index contributed by atoms with van der Waals surface area (Å²) in [6, 6.07) is 11.1. The standard InChI is InChI=1S/C23H25Cl2NO5S/c1-32(29,30)19-7-5-18(6-8-19)31-14-2-3-22(27)26-12-10-16(11-13-26)23(28)17-4-9-20(24)21(25)15-17/h4-9,15-16H,2-3,10-14H2,1H3. The molecule has 1 aliphatic rings. The van der Waals surface area contributed by atoms with E-state index in [2.05, 4.69) is 0 Å². The molecule has 2 aromatic carbocycles. The van der Waals surface area contributed by atoms with Crippen LogP contribution in [0, 0.1) is 5.92 Å². The number of amides is 1. The lowest BCUT2D eigenvalue weighted by Crippen LogP contribution is -2.40. The number of piperidine rings is 1. The molecule has 32 heavy (non-hydrogen) atoms. The quantitative estimate of drug-likeness (QED) is 0.390. The van der Waals surface area contributed by atoms with E-state index in [4.69, 9.17) is 27.9 Å². The van der Waals surface area contributed by atoms with Crippen LogP contribution in [0.2, 0.25) is 10.0 Å². The molecule has 0 atom stereocenters. The molecule has 1 saturated heterocycles. The number of Topliss-reactive ketones (excluding diaryl/α,β-unsaturated/α-hetero) is 1. The lowest BCUT2D eigenvalue weighted by atomic mass is 9.89. The SMILES string of the molecule is CS(=O)(=O)c1ccc(OCCCC(=O)N2CCC(C(=O)c3ccc(Cl)c(Cl)c3)CC2)cc1. The highest BCUT2D eigenvalue weighted by molar-refractivity contribution is 7.90. The number of likely N-dealkylation sites (tertiary alicyclic amines) is 1. The smallest absolute Gasteiger partial charge is 0.222 e. The van der Waals surface area contributed by atoms with Crippen molar-refractivity contribution in [2.45, 2.75) is 30.6 Å². The summed E-state index contributed by atoms with van der Waals surface area (Å²) in [5.74, 6) is 0.508. The Morgan fingerprint density at radius 2 is 1.69 bits per heavy atom. The first kappa shape index (κ1) is 24.6. The predicted octanol–water partition coefficient (Wildman–Crippen LogP) is 4.68. The van der Waals surface area contributed by atoms with E-state index in [-0.39, 0.29) is 22.5 Å². The fourth-order valence-electron chi connectivity index (χ4n) is 3.63. The van der Waals surface area contributed by atoms with Gasteiger partial charge in [-0.05, 0) is 61.7 Å². The summed E-state index contributed by atoms with van der Waals surface area (Å²) in [4.78, 5) is 27.2. The molecule has 0 bridgehead atoms. The van der Waals surface area contributed by atoms with Crippen LogP contribution in [0.5, 0.6) is 5.75 Å². The van der Waals surface area contributed by atoms with Gasteiger partial charge in [-0.2, -0.15) is 0 Å². The molecule has 0 radical (unpaired) electrons. The van der Waals surface area contributed by atoms with Gasteiger partial charge in [0.15, 0.2) is 15.6 Å². The van der Waals surface area contributed by atoms with Crippen molar-refractivity contribution in [2.24, 2.45) is 5.92 Å². The Hall–Kier alpha value is -2.09. The van der Waals surface area contributed by atoms with Crippen molar-refractivity contribution in [1.29, 1.82) is 0 Å². The minimum atomic E-state index is -3.24. The number of nitrogens with zero attached hydrogens (tertiary/aromatic N) is 1. The summed E-state index contributed by atoms with van der Waals surface area (Å²) in [5, 5.41) is 0.775.